The van der Waals surface area contributed by atoms with Crippen LogP contribution in [0.1, 0.15) is 28.2 Å². The van der Waals surface area contributed by atoms with E-state index in [-0.39, 0.29) is 5.56 Å². The Morgan fingerprint density at radius 1 is 1.21 bits per heavy atom. The molecular formula is C15H19N3O. The first-order chi connectivity index (χ1) is 9.08. The molecule has 0 atom stereocenters. The van der Waals surface area contributed by atoms with Gasteiger partial charge in [0.2, 0.25) is 0 Å². The summed E-state index contributed by atoms with van der Waals surface area (Å²) in [6.07, 6.45) is 0.647. The normalized spacial score (nSPS) is 10.7. The van der Waals surface area contributed by atoms with Crippen LogP contribution in [0.5, 0.6) is 0 Å². The maximum absolute atomic E-state index is 11.6. The predicted octanol–water partition coefficient (Wildman–Crippen LogP) is 1.70. The summed E-state index contributed by atoms with van der Waals surface area (Å²) in [7, 11) is 1.84. The molecule has 2 aromatic rings. The summed E-state index contributed by atoms with van der Waals surface area (Å²) in [5.74, 6) is 0.709. The Bertz CT molecular complexity index is 632. The third kappa shape index (κ3) is 3.51. The van der Waals surface area contributed by atoms with Gasteiger partial charge in [-0.2, -0.15) is 0 Å². The monoisotopic (exact) mass is 257 g/mol. The Kier molecular flexibility index (Phi) is 4.12. The van der Waals surface area contributed by atoms with Crippen molar-refractivity contribution in [1.82, 2.24) is 15.3 Å². The van der Waals surface area contributed by atoms with E-state index in [1.165, 1.54) is 17.2 Å². The van der Waals surface area contributed by atoms with Crippen molar-refractivity contribution in [1.29, 1.82) is 0 Å². The second-order valence-electron chi connectivity index (χ2n) is 4.81. The number of hydrogen-bond acceptors (Lipinski definition) is 3. The molecule has 2 N–H and O–H groups in total. The molecular weight excluding hydrogens is 238 g/mol. The van der Waals surface area contributed by atoms with E-state index in [1.807, 2.05) is 7.05 Å². The Balaban J connectivity index is 2.27. The van der Waals surface area contributed by atoms with E-state index in [1.54, 1.807) is 0 Å². The van der Waals surface area contributed by atoms with Crippen molar-refractivity contribution in [2.75, 3.05) is 7.05 Å². The molecule has 0 spiro atoms. The van der Waals surface area contributed by atoms with Crippen LogP contribution in [0.25, 0.3) is 0 Å². The molecule has 4 heteroatoms. The van der Waals surface area contributed by atoms with Crippen LogP contribution in [0.3, 0.4) is 0 Å². The zero-order chi connectivity index (χ0) is 13.8. The second kappa shape index (κ2) is 5.80. The van der Waals surface area contributed by atoms with Gasteiger partial charge in [-0.1, -0.05) is 18.2 Å². The summed E-state index contributed by atoms with van der Waals surface area (Å²) in [5, 5.41) is 3.00. The van der Waals surface area contributed by atoms with Gasteiger partial charge in [-0.3, -0.25) is 4.79 Å². The maximum atomic E-state index is 11.6. The Morgan fingerprint density at radius 3 is 2.68 bits per heavy atom. The fourth-order valence-corrected chi connectivity index (χ4v) is 2.03. The largest absolute Gasteiger partial charge is 0.314 e. The van der Waals surface area contributed by atoms with Crippen LogP contribution >= 0.6 is 0 Å². The fourth-order valence-electron chi connectivity index (χ4n) is 2.03. The lowest BCUT2D eigenvalue weighted by Crippen LogP contribution is -2.16. The van der Waals surface area contributed by atoms with Crippen LogP contribution in [0, 0.1) is 13.8 Å². The van der Waals surface area contributed by atoms with Gasteiger partial charge in [0, 0.05) is 19.0 Å². The van der Waals surface area contributed by atoms with Gasteiger partial charge in [0.05, 0.1) is 5.69 Å². The molecule has 0 saturated heterocycles. The summed E-state index contributed by atoms with van der Waals surface area (Å²) in [6.45, 7) is 4.78. The Morgan fingerprint density at radius 2 is 2.00 bits per heavy atom. The highest BCUT2D eigenvalue weighted by Gasteiger charge is 2.03. The first-order valence-corrected chi connectivity index (χ1v) is 6.38. The highest BCUT2D eigenvalue weighted by Crippen LogP contribution is 2.12. The number of nitrogens with one attached hydrogen (secondary N) is 2. The average molecular weight is 257 g/mol. The van der Waals surface area contributed by atoms with Crippen molar-refractivity contribution in [3.63, 3.8) is 0 Å². The number of nitrogens with zero attached hydrogens (tertiary/aromatic N) is 1. The number of aromatic nitrogens is 2. The topological polar surface area (TPSA) is 57.8 Å². The lowest BCUT2D eigenvalue weighted by molar-refractivity contribution is 0.767. The van der Waals surface area contributed by atoms with Crippen LogP contribution in [0.15, 0.2) is 29.1 Å². The maximum Gasteiger partial charge on any atom is 0.251 e. The SMILES string of the molecule is CNCc1cc(=O)[nH]c(Cc2ccc(C)c(C)c2)n1. The van der Waals surface area contributed by atoms with Gasteiger partial charge in [-0.15, -0.1) is 0 Å². The van der Waals surface area contributed by atoms with Gasteiger partial charge in [-0.25, -0.2) is 4.98 Å². The molecule has 19 heavy (non-hydrogen) atoms. The van der Waals surface area contributed by atoms with E-state index in [4.69, 9.17) is 0 Å². The number of aromatic amines is 1. The Hall–Kier alpha value is -1.94. The Labute approximate surface area is 112 Å². The van der Waals surface area contributed by atoms with Gasteiger partial charge in [-0.05, 0) is 37.6 Å². The minimum atomic E-state index is -0.0981. The number of rotatable bonds is 4. The van der Waals surface area contributed by atoms with Gasteiger partial charge >= 0.3 is 0 Å². The minimum Gasteiger partial charge on any atom is -0.314 e. The lowest BCUT2D eigenvalue weighted by atomic mass is 10.0. The van der Waals surface area contributed by atoms with E-state index >= 15 is 0 Å². The molecule has 0 bridgehead atoms. The molecule has 1 aromatic heterocycles. The smallest absolute Gasteiger partial charge is 0.251 e. The highest BCUT2D eigenvalue weighted by atomic mass is 16.1. The van der Waals surface area contributed by atoms with Crippen molar-refractivity contribution in [2.45, 2.75) is 26.8 Å². The molecule has 4 nitrogen and oxygen atoms in total. The van der Waals surface area contributed by atoms with Crippen LogP contribution in [0.4, 0.5) is 0 Å². The lowest BCUT2D eigenvalue weighted by Gasteiger charge is -2.06. The third-order valence-corrected chi connectivity index (χ3v) is 3.14. The number of H-pyrrole nitrogens is 1. The first-order valence-electron chi connectivity index (χ1n) is 6.38. The molecule has 1 heterocycles. The molecule has 2 rings (SSSR count). The van der Waals surface area contributed by atoms with Crippen molar-refractivity contribution in [3.05, 3.63) is 62.8 Å². The summed E-state index contributed by atoms with van der Waals surface area (Å²) < 4.78 is 0. The average Bonchev–Trinajstić information content (AvgIpc) is 2.33. The summed E-state index contributed by atoms with van der Waals surface area (Å²) >= 11 is 0. The van der Waals surface area contributed by atoms with Gasteiger partial charge in [0.15, 0.2) is 0 Å². The predicted molar refractivity (Wildman–Crippen MR) is 76.3 cm³/mol. The van der Waals surface area contributed by atoms with Crippen LogP contribution in [0.2, 0.25) is 0 Å². The van der Waals surface area contributed by atoms with E-state index in [0.717, 1.165) is 11.3 Å². The zero-order valence-electron chi connectivity index (χ0n) is 11.6. The van der Waals surface area contributed by atoms with E-state index in [2.05, 4.69) is 47.3 Å². The van der Waals surface area contributed by atoms with Crippen LogP contribution < -0.4 is 10.9 Å². The van der Waals surface area contributed by atoms with Crippen molar-refractivity contribution < 1.29 is 0 Å². The quantitative estimate of drug-likeness (QED) is 0.876. The molecule has 0 aliphatic carbocycles. The van der Waals surface area contributed by atoms with Crippen LogP contribution in [-0.4, -0.2) is 17.0 Å². The molecule has 0 fully saturated rings. The van der Waals surface area contributed by atoms with Gasteiger partial charge in [0.1, 0.15) is 5.82 Å². The second-order valence-corrected chi connectivity index (χ2v) is 4.81. The zero-order valence-corrected chi connectivity index (χ0v) is 11.6. The summed E-state index contributed by atoms with van der Waals surface area (Å²) in [5.41, 5.74) is 4.36. The first kappa shape index (κ1) is 13.5. The molecule has 0 unspecified atom stereocenters. The molecule has 0 saturated carbocycles. The van der Waals surface area contributed by atoms with Crippen molar-refractivity contribution >= 4 is 0 Å². The number of benzene rings is 1. The molecule has 0 amide bonds. The summed E-state index contributed by atoms with van der Waals surface area (Å²) in [6, 6.07) is 7.84. The van der Waals surface area contributed by atoms with Gasteiger partial charge in [0.25, 0.3) is 5.56 Å². The third-order valence-electron chi connectivity index (χ3n) is 3.14. The van der Waals surface area contributed by atoms with E-state index < -0.39 is 0 Å². The van der Waals surface area contributed by atoms with Crippen molar-refractivity contribution in [3.8, 4) is 0 Å². The van der Waals surface area contributed by atoms with Crippen molar-refractivity contribution in [2.24, 2.45) is 0 Å². The summed E-state index contributed by atoms with van der Waals surface area (Å²) in [4.78, 5) is 18.8. The van der Waals surface area contributed by atoms with Crippen LogP contribution in [-0.2, 0) is 13.0 Å². The molecule has 0 radical (unpaired) electrons. The highest BCUT2D eigenvalue weighted by molar-refractivity contribution is 5.31. The molecule has 0 aliphatic heterocycles. The standard InChI is InChI=1S/C15H19N3O/c1-10-4-5-12(6-11(10)2)7-14-17-13(9-16-3)8-15(19)18-14/h4-6,8,16H,7,9H2,1-3H3,(H,17,18,19). The number of hydrogen-bond donors (Lipinski definition) is 2. The fraction of sp³-hybridized carbons (Fsp3) is 0.333. The van der Waals surface area contributed by atoms with E-state index in [9.17, 15) is 4.79 Å². The number of aryl methyl sites for hydroxylation is 2. The molecule has 100 valence electrons. The molecule has 1 aromatic carbocycles. The molecule has 0 aliphatic rings. The van der Waals surface area contributed by atoms with Gasteiger partial charge < -0.3 is 10.3 Å². The van der Waals surface area contributed by atoms with E-state index in [0.29, 0.717) is 18.8 Å². The minimum absolute atomic E-state index is 0.0981.